The molecule has 0 bridgehead atoms. The predicted octanol–water partition coefficient (Wildman–Crippen LogP) is 4.04. The van der Waals surface area contributed by atoms with Crippen LogP contribution in [0.4, 0.5) is 9.59 Å². The van der Waals surface area contributed by atoms with E-state index in [2.05, 4.69) is 0 Å². The molecule has 0 N–H and O–H groups in total. The van der Waals surface area contributed by atoms with Crippen LogP contribution in [-0.4, -0.2) is 53.8 Å². The number of carbonyl (C=O) groups is 2. The third-order valence-corrected chi connectivity index (χ3v) is 4.32. The van der Waals surface area contributed by atoms with E-state index in [0.717, 1.165) is 24.8 Å². The van der Waals surface area contributed by atoms with Gasteiger partial charge in [-0.25, -0.2) is 9.59 Å². The molecule has 1 heterocycles. The topological polar surface area (TPSA) is 59.1 Å². The molecule has 1 atom stereocenters. The van der Waals surface area contributed by atoms with Crippen molar-refractivity contribution in [2.24, 2.45) is 0 Å². The van der Waals surface area contributed by atoms with E-state index in [1.165, 1.54) is 0 Å². The minimum Gasteiger partial charge on any atom is -0.445 e. The maximum Gasteiger partial charge on any atom is 0.410 e. The van der Waals surface area contributed by atoms with Crippen LogP contribution < -0.4 is 0 Å². The quantitative estimate of drug-likeness (QED) is 0.793. The molecular formula is C20H30N2O4. The van der Waals surface area contributed by atoms with Gasteiger partial charge in [-0.3, -0.25) is 0 Å². The maximum absolute atomic E-state index is 12.3. The van der Waals surface area contributed by atoms with Crippen molar-refractivity contribution in [3.8, 4) is 0 Å². The van der Waals surface area contributed by atoms with Gasteiger partial charge in [0.15, 0.2) is 0 Å². The molecule has 0 saturated carbocycles. The number of hydrogen-bond acceptors (Lipinski definition) is 4. The molecule has 1 saturated heterocycles. The Morgan fingerprint density at radius 2 is 1.92 bits per heavy atom. The Bertz CT molecular complexity index is 598. The third-order valence-electron chi connectivity index (χ3n) is 4.32. The fourth-order valence-corrected chi connectivity index (χ4v) is 2.96. The number of likely N-dealkylation sites (tertiary alicyclic amines) is 1. The highest BCUT2D eigenvalue weighted by Gasteiger charge is 2.32. The molecule has 144 valence electrons. The highest BCUT2D eigenvalue weighted by atomic mass is 16.6. The Kier molecular flexibility index (Phi) is 6.89. The molecule has 2 rings (SSSR count). The largest absolute Gasteiger partial charge is 0.445 e. The Morgan fingerprint density at radius 1 is 1.23 bits per heavy atom. The smallest absolute Gasteiger partial charge is 0.410 e. The van der Waals surface area contributed by atoms with Gasteiger partial charge in [-0.05, 0) is 45.6 Å². The minimum absolute atomic E-state index is 0.106. The second-order valence-electron chi connectivity index (χ2n) is 7.72. The van der Waals surface area contributed by atoms with E-state index in [9.17, 15) is 9.59 Å². The monoisotopic (exact) mass is 362 g/mol. The van der Waals surface area contributed by atoms with Gasteiger partial charge in [-0.15, -0.1) is 0 Å². The van der Waals surface area contributed by atoms with Crippen molar-refractivity contribution in [1.82, 2.24) is 9.80 Å². The highest BCUT2D eigenvalue weighted by Crippen LogP contribution is 2.23. The number of ether oxygens (including phenoxy) is 2. The normalized spacial score (nSPS) is 17.1. The zero-order chi connectivity index (χ0) is 19.2. The van der Waals surface area contributed by atoms with Crippen LogP contribution >= 0.6 is 0 Å². The Labute approximate surface area is 156 Å². The van der Waals surface area contributed by atoms with Gasteiger partial charge in [-0.1, -0.05) is 30.3 Å². The van der Waals surface area contributed by atoms with Crippen LogP contribution in [-0.2, 0) is 16.1 Å². The molecule has 1 aromatic rings. The SMILES string of the molecule is CN(CC[C@@H]1CCCN1C(=O)OC(C)(C)C)C(=O)OCc1ccccc1. The first-order valence-corrected chi connectivity index (χ1v) is 9.18. The van der Waals surface area contributed by atoms with Crippen LogP contribution in [0, 0.1) is 0 Å². The number of benzene rings is 1. The fourth-order valence-electron chi connectivity index (χ4n) is 2.96. The van der Waals surface area contributed by atoms with E-state index in [0.29, 0.717) is 13.1 Å². The summed E-state index contributed by atoms with van der Waals surface area (Å²) in [4.78, 5) is 27.8. The van der Waals surface area contributed by atoms with Crippen molar-refractivity contribution in [2.45, 2.75) is 58.3 Å². The van der Waals surface area contributed by atoms with Gasteiger partial charge in [0.2, 0.25) is 0 Å². The van der Waals surface area contributed by atoms with E-state index < -0.39 is 5.60 Å². The van der Waals surface area contributed by atoms with Gasteiger partial charge in [0.25, 0.3) is 0 Å². The lowest BCUT2D eigenvalue weighted by atomic mass is 10.1. The molecule has 1 aliphatic heterocycles. The van der Waals surface area contributed by atoms with Crippen LogP contribution in [0.15, 0.2) is 30.3 Å². The van der Waals surface area contributed by atoms with Crippen LogP contribution in [0.2, 0.25) is 0 Å². The zero-order valence-electron chi connectivity index (χ0n) is 16.2. The number of rotatable bonds is 5. The van der Waals surface area contributed by atoms with Crippen molar-refractivity contribution in [2.75, 3.05) is 20.1 Å². The number of amides is 2. The summed E-state index contributed by atoms with van der Waals surface area (Å²) in [6.07, 6.45) is 2.00. The molecule has 0 aliphatic carbocycles. The summed E-state index contributed by atoms with van der Waals surface area (Å²) in [5.41, 5.74) is 0.462. The number of nitrogens with zero attached hydrogens (tertiary/aromatic N) is 2. The van der Waals surface area contributed by atoms with Gasteiger partial charge in [0.05, 0.1) is 0 Å². The zero-order valence-corrected chi connectivity index (χ0v) is 16.2. The van der Waals surface area contributed by atoms with E-state index >= 15 is 0 Å². The van der Waals surface area contributed by atoms with Crippen LogP contribution in [0.3, 0.4) is 0 Å². The second kappa shape index (κ2) is 8.92. The lowest BCUT2D eigenvalue weighted by Gasteiger charge is -2.29. The van der Waals surface area contributed by atoms with Crippen LogP contribution in [0.1, 0.15) is 45.6 Å². The molecule has 0 aromatic heterocycles. The molecule has 1 fully saturated rings. The molecule has 0 unspecified atom stereocenters. The highest BCUT2D eigenvalue weighted by molar-refractivity contribution is 5.69. The minimum atomic E-state index is -0.498. The van der Waals surface area contributed by atoms with Crippen molar-refractivity contribution >= 4 is 12.2 Å². The summed E-state index contributed by atoms with van der Waals surface area (Å²) in [6, 6.07) is 9.70. The molecule has 1 aromatic carbocycles. The summed E-state index contributed by atoms with van der Waals surface area (Å²) >= 11 is 0. The standard InChI is InChI=1S/C20H30N2O4/c1-20(2,3)26-19(24)22-13-8-11-17(22)12-14-21(4)18(23)25-15-16-9-6-5-7-10-16/h5-7,9-10,17H,8,11-15H2,1-4H3/t17-/m0/s1. The molecular weight excluding hydrogens is 332 g/mol. The summed E-state index contributed by atoms with van der Waals surface area (Å²) in [7, 11) is 1.72. The van der Waals surface area contributed by atoms with E-state index in [1.54, 1.807) is 16.8 Å². The summed E-state index contributed by atoms with van der Waals surface area (Å²) in [5.74, 6) is 0. The average molecular weight is 362 g/mol. The Balaban J connectivity index is 1.77. The summed E-state index contributed by atoms with van der Waals surface area (Å²) < 4.78 is 10.8. The number of hydrogen-bond donors (Lipinski definition) is 0. The molecule has 6 nitrogen and oxygen atoms in total. The summed E-state index contributed by atoms with van der Waals surface area (Å²) in [5, 5.41) is 0. The molecule has 0 radical (unpaired) electrons. The predicted molar refractivity (Wildman–Crippen MR) is 99.8 cm³/mol. The van der Waals surface area contributed by atoms with Gasteiger partial charge < -0.3 is 19.3 Å². The van der Waals surface area contributed by atoms with Gasteiger partial charge in [0.1, 0.15) is 12.2 Å². The van der Waals surface area contributed by atoms with Gasteiger partial charge in [-0.2, -0.15) is 0 Å². The molecule has 0 spiro atoms. The average Bonchev–Trinajstić information content (AvgIpc) is 3.05. The lowest BCUT2D eigenvalue weighted by Crippen LogP contribution is -2.41. The molecule has 1 aliphatic rings. The second-order valence-corrected chi connectivity index (χ2v) is 7.72. The fraction of sp³-hybridized carbons (Fsp3) is 0.600. The van der Waals surface area contributed by atoms with Gasteiger partial charge >= 0.3 is 12.2 Å². The Morgan fingerprint density at radius 3 is 2.58 bits per heavy atom. The first-order chi connectivity index (χ1) is 12.3. The van der Waals surface area contributed by atoms with E-state index in [-0.39, 0.29) is 24.8 Å². The van der Waals surface area contributed by atoms with Crippen molar-refractivity contribution < 1.29 is 19.1 Å². The number of carbonyl (C=O) groups excluding carboxylic acids is 2. The third kappa shape index (κ3) is 6.24. The first kappa shape index (κ1) is 20.1. The van der Waals surface area contributed by atoms with Crippen LogP contribution in [0.25, 0.3) is 0 Å². The maximum atomic E-state index is 12.3. The molecule has 26 heavy (non-hydrogen) atoms. The Hall–Kier alpha value is -2.24. The van der Waals surface area contributed by atoms with Crippen LogP contribution in [0.5, 0.6) is 0 Å². The van der Waals surface area contributed by atoms with E-state index in [4.69, 9.17) is 9.47 Å². The molecule has 2 amide bonds. The van der Waals surface area contributed by atoms with Gasteiger partial charge in [0, 0.05) is 26.2 Å². The van der Waals surface area contributed by atoms with Crippen molar-refractivity contribution in [3.05, 3.63) is 35.9 Å². The summed E-state index contributed by atoms with van der Waals surface area (Å²) in [6.45, 7) is 7.11. The molecule has 6 heteroatoms. The first-order valence-electron chi connectivity index (χ1n) is 9.18. The van der Waals surface area contributed by atoms with Crippen molar-refractivity contribution in [1.29, 1.82) is 0 Å². The lowest BCUT2D eigenvalue weighted by molar-refractivity contribution is 0.0214. The van der Waals surface area contributed by atoms with E-state index in [1.807, 2.05) is 51.1 Å². The van der Waals surface area contributed by atoms with Crippen molar-refractivity contribution in [3.63, 3.8) is 0 Å².